The number of nitrogens with zero attached hydrogens (tertiary/aromatic N) is 2. The lowest BCUT2D eigenvalue weighted by molar-refractivity contribution is -0.150. The minimum Gasteiger partial charge on any atom is -0.472 e. The number of carbonyl (C=O) groups is 3. The van der Waals surface area contributed by atoms with Gasteiger partial charge in [-0.3, -0.25) is 19.1 Å². The van der Waals surface area contributed by atoms with Crippen LogP contribution in [-0.4, -0.2) is 76.7 Å². The summed E-state index contributed by atoms with van der Waals surface area (Å²) in [6.07, 6.45) is 2.32. The number of pyridine rings is 1. The summed E-state index contributed by atoms with van der Waals surface area (Å²) in [5.41, 5.74) is -2.29. The van der Waals surface area contributed by atoms with Crippen LogP contribution in [-0.2, 0) is 24.4 Å². The predicted molar refractivity (Wildman–Crippen MR) is 151 cm³/mol. The molecule has 2 saturated carbocycles. The van der Waals surface area contributed by atoms with Gasteiger partial charge in [-0.05, 0) is 42.2 Å². The minimum absolute atomic E-state index is 0.00903. The molecule has 0 bridgehead atoms. The van der Waals surface area contributed by atoms with Crippen molar-refractivity contribution in [1.29, 1.82) is 0 Å². The number of benzene rings is 1. The molecule has 220 valence electrons. The topological polar surface area (TPSA) is 155 Å². The molecule has 5 rings (SSSR count). The number of aliphatic hydroxyl groups excluding tert-OH is 1. The van der Waals surface area contributed by atoms with Crippen LogP contribution in [0, 0.1) is 11.3 Å². The van der Waals surface area contributed by atoms with Crippen molar-refractivity contribution >= 4 is 38.5 Å². The lowest BCUT2D eigenvalue weighted by Crippen LogP contribution is -2.57. The molecule has 11 nitrogen and oxygen atoms in total. The Morgan fingerprint density at radius 2 is 1.93 bits per heavy atom. The molecule has 0 radical (unpaired) electrons. The second kappa shape index (κ2) is 10.4. The Morgan fingerprint density at radius 3 is 2.56 bits per heavy atom. The molecule has 1 aromatic heterocycles. The van der Waals surface area contributed by atoms with Crippen LogP contribution in [0.5, 0.6) is 5.88 Å². The van der Waals surface area contributed by atoms with Crippen molar-refractivity contribution in [3.8, 4) is 5.88 Å². The third kappa shape index (κ3) is 5.67. The number of hydrogen-bond donors (Lipinski definition) is 3. The molecule has 3 amide bonds. The molecule has 0 spiro atoms. The average molecular weight is 585 g/mol. The van der Waals surface area contributed by atoms with E-state index in [-0.39, 0.29) is 19.4 Å². The average Bonchev–Trinajstić information content (AvgIpc) is 3.84. The molecule has 2 aliphatic carbocycles. The molecule has 1 aromatic carbocycles. The number of nitrogens with one attached hydrogen (secondary N) is 2. The fourth-order valence-electron chi connectivity index (χ4n) is 5.27. The van der Waals surface area contributed by atoms with Gasteiger partial charge < -0.3 is 20.1 Å². The Kier molecular flexibility index (Phi) is 7.35. The Bertz CT molecular complexity index is 1490. The Labute approximate surface area is 239 Å². The number of aromatic nitrogens is 1. The molecule has 5 atom stereocenters. The smallest absolute Gasteiger partial charge is 0.259 e. The van der Waals surface area contributed by atoms with Crippen LogP contribution in [0.15, 0.2) is 49.2 Å². The van der Waals surface area contributed by atoms with Crippen molar-refractivity contribution in [3.63, 3.8) is 0 Å². The van der Waals surface area contributed by atoms with E-state index in [1.54, 1.807) is 27.0 Å². The van der Waals surface area contributed by atoms with Gasteiger partial charge in [-0.2, -0.15) is 0 Å². The van der Waals surface area contributed by atoms with Crippen LogP contribution in [0.1, 0.15) is 46.5 Å². The molecule has 1 unspecified atom stereocenters. The predicted octanol–water partition coefficient (Wildman–Crippen LogP) is 1.66. The molecular weight excluding hydrogens is 548 g/mol. The van der Waals surface area contributed by atoms with Gasteiger partial charge in [0.1, 0.15) is 23.8 Å². The molecule has 2 aromatic rings. The van der Waals surface area contributed by atoms with Gasteiger partial charge in [0, 0.05) is 23.9 Å². The van der Waals surface area contributed by atoms with E-state index in [1.165, 1.54) is 11.0 Å². The first-order chi connectivity index (χ1) is 19.3. The second-order valence-corrected chi connectivity index (χ2v) is 14.2. The van der Waals surface area contributed by atoms with Crippen LogP contribution >= 0.6 is 0 Å². The number of aliphatic hydroxyl groups is 1. The van der Waals surface area contributed by atoms with Crippen LogP contribution in [0.25, 0.3) is 10.8 Å². The van der Waals surface area contributed by atoms with E-state index in [1.807, 2.05) is 30.3 Å². The minimum atomic E-state index is -3.84. The maximum atomic E-state index is 13.8. The zero-order chi connectivity index (χ0) is 29.7. The molecule has 12 heteroatoms. The molecule has 1 aliphatic heterocycles. The van der Waals surface area contributed by atoms with Gasteiger partial charge in [0.2, 0.25) is 21.8 Å². The fraction of sp³-hybridized carbons (Fsp3) is 0.517. The van der Waals surface area contributed by atoms with Crippen molar-refractivity contribution in [3.05, 3.63) is 49.2 Å². The lowest BCUT2D eigenvalue weighted by Gasteiger charge is -2.32. The van der Waals surface area contributed by atoms with E-state index >= 15 is 0 Å². The third-order valence-electron chi connectivity index (χ3n) is 8.07. The van der Waals surface area contributed by atoms with Crippen molar-refractivity contribution in [1.82, 2.24) is 19.9 Å². The first-order valence-electron chi connectivity index (χ1n) is 13.8. The number of likely N-dealkylation sites (tertiary alicyclic amines) is 1. The summed E-state index contributed by atoms with van der Waals surface area (Å²) in [4.78, 5) is 46.0. The van der Waals surface area contributed by atoms with Crippen molar-refractivity contribution < 1.29 is 32.6 Å². The monoisotopic (exact) mass is 584 g/mol. The molecule has 41 heavy (non-hydrogen) atoms. The molecule has 3 fully saturated rings. The highest BCUT2D eigenvalue weighted by atomic mass is 32.2. The fourth-order valence-corrected chi connectivity index (χ4v) is 6.63. The van der Waals surface area contributed by atoms with E-state index in [2.05, 4.69) is 21.6 Å². The van der Waals surface area contributed by atoms with Gasteiger partial charge in [0.05, 0.1) is 11.8 Å². The lowest BCUT2D eigenvalue weighted by atomic mass is 9.88. The van der Waals surface area contributed by atoms with Crippen LogP contribution in [0.4, 0.5) is 0 Å². The van der Waals surface area contributed by atoms with Gasteiger partial charge >= 0.3 is 0 Å². The van der Waals surface area contributed by atoms with Gasteiger partial charge in [-0.15, -0.1) is 6.58 Å². The Balaban J connectivity index is 1.39. The van der Waals surface area contributed by atoms with Gasteiger partial charge in [0.25, 0.3) is 11.8 Å². The molecule has 3 N–H and O–H groups in total. The zero-order valence-electron chi connectivity index (χ0n) is 23.4. The number of hydrogen-bond acceptors (Lipinski definition) is 8. The maximum absolute atomic E-state index is 13.8. The Morgan fingerprint density at radius 1 is 1.22 bits per heavy atom. The number of ether oxygens (including phenoxy) is 1. The Hall–Kier alpha value is -3.51. The van der Waals surface area contributed by atoms with Crippen molar-refractivity contribution in [2.24, 2.45) is 11.3 Å². The summed E-state index contributed by atoms with van der Waals surface area (Å²) in [5, 5.41) is 14.6. The van der Waals surface area contributed by atoms with Crippen LogP contribution < -0.4 is 14.8 Å². The van der Waals surface area contributed by atoms with Crippen molar-refractivity contribution in [2.75, 3.05) is 6.54 Å². The first kappa shape index (κ1) is 29.0. The second-order valence-electron chi connectivity index (χ2n) is 12.3. The quantitative estimate of drug-likeness (QED) is 0.376. The summed E-state index contributed by atoms with van der Waals surface area (Å²) in [5.74, 6) is -2.22. The number of sulfonamides is 1. The van der Waals surface area contributed by atoms with E-state index in [0.29, 0.717) is 18.7 Å². The summed E-state index contributed by atoms with van der Waals surface area (Å²) in [6, 6.07) is 8.31. The zero-order valence-corrected chi connectivity index (χ0v) is 24.2. The number of amides is 3. The summed E-state index contributed by atoms with van der Waals surface area (Å²) < 4.78 is 33.3. The van der Waals surface area contributed by atoms with Gasteiger partial charge in [-0.1, -0.05) is 45.0 Å². The van der Waals surface area contributed by atoms with Crippen LogP contribution in [0.3, 0.4) is 0 Å². The normalized spacial score (nSPS) is 26.7. The SMILES string of the molecule is C=CC1C[C@]1(NC(=O)[C@@H]1C[C@@H](Oc2nccc3ccccc23)CN1C(=O)[C@@H](O)C(C)(C)C)C(=O)NS(=O)(=O)C1CC1. The van der Waals surface area contributed by atoms with E-state index < -0.39 is 68.1 Å². The number of carbonyl (C=O) groups excluding carboxylic acids is 3. The number of rotatable bonds is 9. The first-order valence-corrected chi connectivity index (χ1v) is 15.3. The highest BCUT2D eigenvalue weighted by Crippen LogP contribution is 2.45. The summed E-state index contributed by atoms with van der Waals surface area (Å²) >= 11 is 0. The van der Waals surface area contributed by atoms with E-state index in [9.17, 15) is 27.9 Å². The van der Waals surface area contributed by atoms with Crippen molar-refractivity contribution in [2.45, 2.75) is 75.5 Å². The third-order valence-corrected chi connectivity index (χ3v) is 9.89. The highest BCUT2D eigenvalue weighted by molar-refractivity contribution is 7.91. The van der Waals surface area contributed by atoms with Gasteiger partial charge in [-0.25, -0.2) is 13.4 Å². The molecular formula is C29H36N4O7S. The summed E-state index contributed by atoms with van der Waals surface area (Å²) in [7, 11) is -3.84. The van der Waals surface area contributed by atoms with E-state index in [0.717, 1.165) is 10.8 Å². The summed E-state index contributed by atoms with van der Waals surface area (Å²) in [6.45, 7) is 8.88. The maximum Gasteiger partial charge on any atom is 0.259 e. The largest absolute Gasteiger partial charge is 0.472 e. The molecule has 1 saturated heterocycles. The standard InChI is InChI=1S/C29H36N4O7S/c1-5-18-15-29(18,27(37)32-41(38,39)20-10-11-20)31-24(35)22-14-19(16-33(22)26(36)23(34)28(2,3)4)40-25-21-9-7-6-8-17(21)12-13-30-25/h5-9,12-13,18-20,22-23,34H,1,10-11,14-16H2,2-4H3,(H,31,35)(H,32,37)/t18?,19-,22+,23-,29-/m1/s1. The van der Waals surface area contributed by atoms with Gasteiger partial charge in [0.15, 0.2) is 0 Å². The van der Waals surface area contributed by atoms with E-state index in [4.69, 9.17) is 4.74 Å². The molecule has 3 aliphatic rings. The molecule has 2 heterocycles. The highest BCUT2D eigenvalue weighted by Gasteiger charge is 2.62. The van der Waals surface area contributed by atoms with Crippen LogP contribution in [0.2, 0.25) is 0 Å². The number of fused-ring (bicyclic) bond motifs is 1.